The van der Waals surface area contributed by atoms with Gasteiger partial charge in [-0.1, -0.05) is 39.8 Å². The van der Waals surface area contributed by atoms with Crippen molar-refractivity contribution in [2.24, 2.45) is 9.98 Å². The van der Waals surface area contributed by atoms with Crippen LogP contribution in [0.4, 0.5) is 0 Å². The van der Waals surface area contributed by atoms with Crippen molar-refractivity contribution in [3.8, 4) is 45.6 Å². The number of nitrogens with zero attached hydrogens (tertiary/aromatic N) is 2. The van der Waals surface area contributed by atoms with Crippen molar-refractivity contribution in [1.82, 2.24) is 0 Å². The van der Waals surface area contributed by atoms with Gasteiger partial charge >= 0.3 is 59.1 Å². The van der Waals surface area contributed by atoms with Gasteiger partial charge in [0.25, 0.3) is 0 Å². The van der Waals surface area contributed by atoms with Crippen LogP contribution in [0.3, 0.4) is 0 Å². The molecule has 0 bridgehead atoms. The molecule has 0 saturated heterocycles. The fourth-order valence-electron chi connectivity index (χ4n) is 6.25. The molecule has 6 N–H and O–H groups in total. The van der Waals surface area contributed by atoms with Crippen LogP contribution in [0.2, 0.25) is 0 Å². The third-order valence-electron chi connectivity index (χ3n) is 8.23. The molecule has 4 rings (SSSR count). The van der Waals surface area contributed by atoms with Crippen LogP contribution in [0.15, 0.2) is 22.1 Å². The quantitative estimate of drug-likeness (QED) is 0.0322. The second-order valence-corrected chi connectivity index (χ2v) is 13.4. The van der Waals surface area contributed by atoms with Gasteiger partial charge in [0.15, 0.2) is 23.0 Å². The van der Waals surface area contributed by atoms with Gasteiger partial charge < -0.3 is 39.7 Å². The number of benzene rings is 4. The van der Waals surface area contributed by atoms with E-state index in [4.69, 9.17) is 0 Å². The molecule has 0 aliphatic rings. The van der Waals surface area contributed by atoms with Crippen molar-refractivity contribution >= 4 is 56.7 Å². The monoisotopic (exact) mass is 776 g/mol. The average molecular weight is 777 g/mol. The van der Waals surface area contributed by atoms with Crippen molar-refractivity contribution in [2.75, 3.05) is 26.3 Å². The fourth-order valence-corrected chi connectivity index (χ4v) is 6.67. The molecule has 0 saturated carbocycles. The van der Waals surface area contributed by atoms with Crippen LogP contribution in [0, 0.1) is 13.8 Å². The van der Waals surface area contributed by atoms with Crippen LogP contribution in [-0.4, -0.2) is 86.9 Å². The van der Waals surface area contributed by atoms with Gasteiger partial charge in [0.1, 0.15) is 11.5 Å². The number of phenolic OH excluding ortho intramolecular Hbond substituents is 6. The van der Waals surface area contributed by atoms with E-state index in [1.807, 2.05) is 0 Å². The Bertz CT molecular complexity index is 1940. The van der Waals surface area contributed by atoms with Gasteiger partial charge in [0.05, 0.1) is 49.0 Å². The normalized spacial score (nSPS) is 13.0. The fraction of sp³-hybridized carbons (Fsp3) is 0.353. The number of aryl methyl sites for hydroxylation is 2. The molecule has 0 aliphatic heterocycles. The number of hydrogen-bond acceptors (Lipinski definition) is 14. The summed E-state index contributed by atoms with van der Waals surface area (Å²) in [7, 11) is 0. The topological polar surface area (TPSA) is 245 Å². The zero-order chi connectivity index (χ0) is 37.2. The molecule has 18 heteroatoms. The minimum absolute atomic E-state index is 0. The Morgan fingerprint density at radius 1 is 0.635 bits per heavy atom. The van der Waals surface area contributed by atoms with E-state index in [-0.39, 0.29) is 142 Å². The van der Waals surface area contributed by atoms with E-state index < -0.39 is 45.7 Å². The molecule has 270 valence electrons. The first-order chi connectivity index (χ1) is 23.5. The van der Waals surface area contributed by atoms with Crippen molar-refractivity contribution in [3.05, 3.63) is 45.5 Å². The molecule has 4 aromatic rings. The standard InChI is InChI=1S/C34H40N2O12S2.2Na/c1-15(2)23-19-11-17(5)25(31(39)27(19)21(29(37)33(23)41)13-35-7-9-47-49(43)44)26-18(6)12-20-24(16(3)4)34(42)30(38)22(28(20)32(26)40)14-36-8-10-48-50(45)46;;/h11-16,37-42H,7-10H2,1-6H3,(H,43,44)(H,45,46);;/q;2*+1/p-2. The molecule has 4 aromatic carbocycles. The molecule has 2 atom stereocenters. The Labute approximate surface area is 350 Å². The first-order valence-corrected chi connectivity index (χ1v) is 17.4. The molecular formula is C34H38N2Na2O12S2. The van der Waals surface area contributed by atoms with Gasteiger partial charge in [-0.2, -0.15) is 0 Å². The molecule has 0 fully saturated rings. The largest absolute Gasteiger partial charge is 1.00 e. The van der Waals surface area contributed by atoms with E-state index in [1.165, 1.54) is 12.4 Å². The first kappa shape index (κ1) is 45.8. The van der Waals surface area contributed by atoms with Gasteiger partial charge in [-0.15, -0.1) is 0 Å². The van der Waals surface area contributed by atoms with Crippen LogP contribution in [0.1, 0.15) is 72.9 Å². The summed E-state index contributed by atoms with van der Waals surface area (Å²) >= 11 is -5.51. The third-order valence-corrected chi connectivity index (χ3v) is 8.95. The van der Waals surface area contributed by atoms with E-state index in [1.54, 1.807) is 53.7 Å². The zero-order valence-corrected chi connectivity index (χ0v) is 35.8. The summed E-state index contributed by atoms with van der Waals surface area (Å²) in [5, 5.41) is 69.6. The number of hydrogen-bond donors (Lipinski definition) is 6. The smallest absolute Gasteiger partial charge is 0.750 e. The number of fused-ring (bicyclic) bond motifs is 2. The van der Waals surface area contributed by atoms with E-state index in [0.717, 1.165) is 0 Å². The zero-order valence-electron chi connectivity index (χ0n) is 30.1. The van der Waals surface area contributed by atoms with Crippen molar-refractivity contribution < 1.29 is 116 Å². The maximum absolute atomic E-state index is 12.1. The Balaban J connectivity index is 0.00000468. The van der Waals surface area contributed by atoms with Crippen LogP contribution in [0.25, 0.3) is 32.7 Å². The number of rotatable bonds is 13. The van der Waals surface area contributed by atoms with E-state index in [9.17, 15) is 48.2 Å². The molecule has 0 aromatic heterocycles. The molecule has 0 aliphatic carbocycles. The van der Waals surface area contributed by atoms with Gasteiger partial charge in [0, 0.05) is 56.6 Å². The summed E-state index contributed by atoms with van der Waals surface area (Å²) in [5.41, 5.74) is 1.80. The second kappa shape index (κ2) is 19.3. The Morgan fingerprint density at radius 2 is 0.962 bits per heavy atom. The predicted molar refractivity (Wildman–Crippen MR) is 189 cm³/mol. The molecule has 52 heavy (non-hydrogen) atoms. The van der Waals surface area contributed by atoms with Gasteiger partial charge in [-0.25, -0.2) is 8.42 Å². The predicted octanol–water partition coefficient (Wildman–Crippen LogP) is -0.776. The van der Waals surface area contributed by atoms with Gasteiger partial charge in [-0.3, -0.25) is 18.4 Å². The minimum atomic E-state index is -2.75. The summed E-state index contributed by atoms with van der Waals surface area (Å²) in [5.74, 6) is -3.38. The number of phenols is 6. The molecule has 0 heterocycles. The second-order valence-electron chi connectivity index (χ2n) is 12.2. The SMILES string of the molecule is Cc1cc2c(C(C)C)c(O)c(O)c(C=NCCOS(=O)[O-])c2c(O)c1-c1c(C)cc2c(C(C)C)c(O)c(O)c(C=NCCOS(=O)[O-])c2c1O.[Na+].[Na+]. The number of aliphatic imine (C=N–C) groups is 2. The van der Waals surface area contributed by atoms with Gasteiger partial charge in [-0.05, 0) is 47.6 Å². The molecule has 0 spiro atoms. The van der Waals surface area contributed by atoms with E-state index in [0.29, 0.717) is 33.0 Å². The molecule has 0 radical (unpaired) electrons. The van der Waals surface area contributed by atoms with Crippen LogP contribution < -0.4 is 59.1 Å². The maximum Gasteiger partial charge on any atom is 1.00 e. The third kappa shape index (κ3) is 9.30. The minimum Gasteiger partial charge on any atom is -0.750 e. The summed E-state index contributed by atoms with van der Waals surface area (Å²) < 4.78 is 51.9. The summed E-state index contributed by atoms with van der Waals surface area (Å²) in [4.78, 5) is 8.25. The molecule has 2 unspecified atom stereocenters. The molecular weight excluding hydrogens is 738 g/mol. The number of aromatic hydroxyl groups is 6. The van der Waals surface area contributed by atoms with Crippen molar-refractivity contribution in [2.45, 2.75) is 53.4 Å². The molecule has 0 amide bonds. The first-order valence-electron chi connectivity index (χ1n) is 15.4. The summed E-state index contributed by atoms with van der Waals surface area (Å²) in [6.07, 6.45) is 2.36. The summed E-state index contributed by atoms with van der Waals surface area (Å²) in [6, 6.07) is 3.39. The molecule has 14 nitrogen and oxygen atoms in total. The van der Waals surface area contributed by atoms with Crippen molar-refractivity contribution in [3.63, 3.8) is 0 Å². The van der Waals surface area contributed by atoms with Gasteiger partial charge in [0.2, 0.25) is 0 Å². The van der Waals surface area contributed by atoms with Crippen LogP contribution in [-0.2, 0) is 31.1 Å². The Hall–Kier alpha value is -2.32. The van der Waals surface area contributed by atoms with E-state index >= 15 is 0 Å². The summed E-state index contributed by atoms with van der Waals surface area (Å²) in [6.45, 7) is 9.72. The van der Waals surface area contributed by atoms with Crippen molar-refractivity contribution in [1.29, 1.82) is 0 Å². The van der Waals surface area contributed by atoms with E-state index in [2.05, 4.69) is 18.4 Å². The van der Waals surface area contributed by atoms with Crippen LogP contribution in [0.5, 0.6) is 34.5 Å². The van der Waals surface area contributed by atoms with Crippen LogP contribution >= 0.6 is 0 Å². The Kier molecular flexibility index (Phi) is 17.0. The Morgan fingerprint density at radius 3 is 1.25 bits per heavy atom. The average Bonchev–Trinajstić information content (AvgIpc) is 3.01. The maximum atomic E-state index is 12.1.